The zero-order valence-electron chi connectivity index (χ0n) is 8.99. The van der Waals surface area contributed by atoms with Crippen molar-refractivity contribution in [1.82, 2.24) is 10.2 Å². The van der Waals surface area contributed by atoms with E-state index < -0.39 is 6.09 Å². The lowest BCUT2D eigenvalue weighted by molar-refractivity contribution is 0.104. The van der Waals surface area contributed by atoms with E-state index in [1.165, 1.54) is 14.2 Å². The van der Waals surface area contributed by atoms with Crippen LogP contribution < -0.4 is 5.32 Å². The molecule has 2 amide bonds. The van der Waals surface area contributed by atoms with Crippen molar-refractivity contribution in [2.75, 3.05) is 27.3 Å². The van der Waals surface area contributed by atoms with E-state index in [4.69, 9.17) is 0 Å². The molecule has 1 heterocycles. The molecule has 6 nitrogen and oxygen atoms in total. The summed E-state index contributed by atoms with van der Waals surface area (Å²) in [5, 5.41) is 2.67. The molecule has 0 aromatic carbocycles. The smallest absolute Gasteiger partial charge is 0.409 e. The summed E-state index contributed by atoms with van der Waals surface area (Å²) >= 11 is 0. The second-order valence-electron chi connectivity index (χ2n) is 3.39. The molecule has 1 fully saturated rings. The van der Waals surface area contributed by atoms with Crippen LogP contribution in [0.4, 0.5) is 9.59 Å². The normalized spacial score (nSPS) is 20.7. The van der Waals surface area contributed by atoms with E-state index in [1.807, 2.05) is 0 Å². The summed E-state index contributed by atoms with van der Waals surface area (Å²) in [6.45, 7) is 1.15. The second kappa shape index (κ2) is 5.43. The van der Waals surface area contributed by atoms with E-state index >= 15 is 0 Å². The van der Waals surface area contributed by atoms with Gasteiger partial charge in [-0.3, -0.25) is 0 Å². The van der Waals surface area contributed by atoms with E-state index in [0.29, 0.717) is 13.1 Å². The van der Waals surface area contributed by atoms with Gasteiger partial charge in [-0.1, -0.05) is 0 Å². The number of hydrogen-bond acceptors (Lipinski definition) is 4. The zero-order valence-corrected chi connectivity index (χ0v) is 8.99. The molecule has 0 saturated carbocycles. The first kappa shape index (κ1) is 11.6. The SMILES string of the molecule is COC(=O)NC1CCCN(C(=O)OC)C1. The Morgan fingerprint density at radius 2 is 2.07 bits per heavy atom. The number of nitrogens with zero attached hydrogens (tertiary/aromatic N) is 1. The first-order chi connectivity index (χ1) is 7.17. The highest BCUT2D eigenvalue weighted by molar-refractivity contribution is 5.69. The number of hydrogen-bond donors (Lipinski definition) is 1. The fourth-order valence-corrected chi connectivity index (χ4v) is 1.62. The molecule has 1 aliphatic rings. The third-order valence-corrected chi connectivity index (χ3v) is 2.36. The third-order valence-electron chi connectivity index (χ3n) is 2.36. The van der Waals surface area contributed by atoms with Crippen LogP contribution in [0.15, 0.2) is 0 Å². The van der Waals surface area contributed by atoms with Crippen LogP contribution in [0, 0.1) is 0 Å². The Hall–Kier alpha value is -1.46. The fourth-order valence-electron chi connectivity index (χ4n) is 1.62. The molecule has 0 radical (unpaired) electrons. The van der Waals surface area contributed by atoms with Gasteiger partial charge in [0.15, 0.2) is 0 Å². The quantitative estimate of drug-likeness (QED) is 0.696. The van der Waals surface area contributed by atoms with Gasteiger partial charge in [-0.05, 0) is 12.8 Å². The van der Waals surface area contributed by atoms with Crippen LogP contribution in [0.5, 0.6) is 0 Å². The predicted molar refractivity (Wildman–Crippen MR) is 52.5 cm³/mol. The van der Waals surface area contributed by atoms with Gasteiger partial charge in [0.2, 0.25) is 0 Å². The summed E-state index contributed by atoms with van der Waals surface area (Å²) < 4.78 is 9.10. The molecule has 1 saturated heterocycles. The molecule has 0 spiro atoms. The standard InChI is InChI=1S/C9H16N2O4/c1-14-8(12)10-7-4-3-5-11(6-7)9(13)15-2/h7H,3-6H2,1-2H3,(H,10,12). The maximum Gasteiger partial charge on any atom is 0.409 e. The van der Waals surface area contributed by atoms with Crippen LogP contribution >= 0.6 is 0 Å². The molecule has 6 heteroatoms. The average Bonchev–Trinajstić information content (AvgIpc) is 2.28. The van der Waals surface area contributed by atoms with Gasteiger partial charge in [0.1, 0.15) is 0 Å². The summed E-state index contributed by atoms with van der Waals surface area (Å²) in [4.78, 5) is 23.8. The van der Waals surface area contributed by atoms with Crippen molar-refractivity contribution in [3.8, 4) is 0 Å². The summed E-state index contributed by atoms with van der Waals surface area (Å²) in [6.07, 6.45) is 0.880. The van der Waals surface area contributed by atoms with Gasteiger partial charge in [0, 0.05) is 19.1 Å². The Bertz CT molecular complexity index is 244. The number of amides is 2. The highest BCUT2D eigenvalue weighted by Gasteiger charge is 2.25. The van der Waals surface area contributed by atoms with Gasteiger partial charge < -0.3 is 19.7 Å². The minimum atomic E-state index is -0.466. The van der Waals surface area contributed by atoms with E-state index in [0.717, 1.165) is 12.8 Å². The van der Waals surface area contributed by atoms with Crippen LogP contribution in [0.25, 0.3) is 0 Å². The van der Waals surface area contributed by atoms with E-state index in [1.54, 1.807) is 4.90 Å². The molecule has 0 aromatic rings. The Kier molecular flexibility index (Phi) is 4.20. The highest BCUT2D eigenvalue weighted by atomic mass is 16.5. The molecular weight excluding hydrogens is 200 g/mol. The number of methoxy groups -OCH3 is 2. The molecule has 0 bridgehead atoms. The van der Waals surface area contributed by atoms with Crippen molar-refractivity contribution in [3.63, 3.8) is 0 Å². The maximum absolute atomic E-state index is 11.2. The minimum Gasteiger partial charge on any atom is -0.453 e. The average molecular weight is 216 g/mol. The van der Waals surface area contributed by atoms with E-state index in [2.05, 4.69) is 14.8 Å². The predicted octanol–water partition coefficient (Wildman–Crippen LogP) is 0.573. The molecule has 1 unspecified atom stereocenters. The molecule has 1 N–H and O–H groups in total. The molecule has 15 heavy (non-hydrogen) atoms. The number of carbonyl (C=O) groups is 2. The molecule has 0 aromatic heterocycles. The number of nitrogens with one attached hydrogen (secondary N) is 1. The van der Waals surface area contributed by atoms with Gasteiger partial charge in [-0.25, -0.2) is 9.59 Å². The van der Waals surface area contributed by atoms with E-state index in [-0.39, 0.29) is 12.1 Å². The Morgan fingerprint density at radius 3 is 2.67 bits per heavy atom. The molecule has 1 aliphatic heterocycles. The van der Waals surface area contributed by atoms with Gasteiger partial charge in [-0.15, -0.1) is 0 Å². The Morgan fingerprint density at radius 1 is 1.33 bits per heavy atom. The van der Waals surface area contributed by atoms with Gasteiger partial charge in [0.25, 0.3) is 0 Å². The number of rotatable bonds is 1. The lowest BCUT2D eigenvalue weighted by atomic mass is 10.1. The number of carbonyl (C=O) groups excluding carboxylic acids is 2. The van der Waals surface area contributed by atoms with Crippen LogP contribution in [0.1, 0.15) is 12.8 Å². The Labute approximate surface area is 88.5 Å². The van der Waals surface area contributed by atoms with Crippen LogP contribution in [-0.2, 0) is 9.47 Å². The fraction of sp³-hybridized carbons (Fsp3) is 0.778. The van der Waals surface area contributed by atoms with Gasteiger partial charge in [-0.2, -0.15) is 0 Å². The number of likely N-dealkylation sites (tertiary alicyclic amines) is 1. The van der Waals surface area contributed by atoms with Crippen LogP contribution in [-0.4, -0.2) is 50.4 Å². The van der Waals surface area contributed by atoms with Crippen molar-refractivity contribution in [1.29, 1.82) is 0 Å². The van der Waals surface area contributed by atoms with E-state index in [9.17, 15) is 9.59 Å². The molecule has 86 valence electrons. The highest BCUT2D eigenvalue weighted by Crippen LogP contribution is 2.10. The van der Waals surface area contributed by atoms with Gasteiger partial charge >= 0.3 is 12.2 Å². The first-order valence-corrected chi connectivity index (χ1v) is 4.84. The second-order valence-corrected chi connectivity index (χ2v) is 3.39. The number of piperidine rings is 1. The summed E-state index contributed by atoms with van der Waals surface area (Å²) in [7, 11) is 2.66. The third kappa shape index (κ3) is 3.30. The maximum atomic E-state index is 11.2. The molecule has 1 atom stereocenters. The molecule has 1 rings (SSSR count). The zero-order chi connectivity index (χ0) is 11.3. The summed E-state index contributed by atoms with van der Waals surface area (Å²) in [6, 6.07) is -0.0506. The van der Waals surface area contributed by atoms with Gasteiger partial charge in [0.05, 0.1) is 14.2 Å². The van der Waals surface area contributed by atoms with Crippen LogP contribution in [0.2, 0.25) is 0 Å². The van der Waals surface area contributed by atoms with Crippen molar-refractivity contribution in [2.24, 2.45) is 0 Å². The number of alkyl carbamates (subject to hydrolysis) is 1. The first-order valence-electron chi connectivity index (χ1n) is 4.84. The van der Waals surface area contributed by atoms with Crippen molar-refractivity contribution in [3.05, 3.63) is 0 Å². The van der Waals surface area contributed by atoms with Crippen molar-refractivity contribution >= 4 is 12.2 Å². The Balaban J connectivity index is 2.42. The topological polar surface area (TPSA) is 67.9 Å². The lowest BCUT2D eigenvalue weighted by Gasteiger charge is -2.31. The number of ether oxygens (including phenoxy) is 2. The summed E-state index contributed by atoms with van der Waals surface area (Å²) in [5.74, 6) is 0. The summed E-state index contributed by atoms with van der Waals surface area (Å²) in [5.41, 5.74) is 0. The molecule has 0 aliphatic carbocycles. The van der Waals surface area contributed by atoms with Crippen molar-refractivity contribution in [2.45, 2.75) is 18.9 Å². The largest absolute Gasteiger partial charge is 0.453 e. The monoisotopic (exact) mass is 216 g/mol. The lowest BCUT2D eigenvalue weighted by Crippen LogP contribution is -2.49. The van der Waals surface area contributed by atoms with Crippen LogP contribution in [0.3, 0.4) is 0 Å². The van der Waals surface area contributed by atoms with Crippen molar-refractivity contribution < 1.29 is 19.1 Å². The minimum absolute atomic E-state index is 0.0506. The molecular formula is C9H16N2O4.